The van der Waals surface area contributed by atoms with Crippen molar-refractivity contribution in [3.05, 3.63) is 58.7 Å². The average Bonchev–Trinajstić information content (AvgIpc) is 3.27. The second-order valence-electron chi connectivity index (χ2n) is 12.3. The van der Waals surface area contributed by atoms with E-state index < -0.39 is 48.8 Å². The molecule has 4 aliphatic rings. The Morgan fingerprint density at radius 1 is 0.744 bits per heavy atom. The van der Waals surface area contributed by atoms with Gasteiger partial charge in [0.25, 0.3) is 0 Å². The SMILES string of the molecule is CN1CCC2(CC1)c1cc(C#CC3OC(CO)CC(O)C3O)ccc1-c1ccc(C#CC3OC(CO)CC(O)C3O)cc12. The Balaban J connectivity index is 1.33. The molecule has 3 fully saturated rings. The highest BCUT2D eigenvalue weighted by Crippen LogP contribution is 2.54. The number of benzene rings is 2. The summed E-state index contributed by atoms with van der Waals surface area (Å²) in [6, 6.07) is 12.3. The number of ether oxygens (including phenoxy) is 2. The van der Waals surface area contributed by atoms with Gasteiger partial charge in [0, 0.05) is 29.4 Å². The molecule has 6 N–H and O–H groups in total. The van der Waals surface area contributed by atoms with E-state index in [1.54, 1.807) is 0 Å². The summed E-state index contributed by atoms with van der Waals surface area (Å²) in [5, 5.41) is 60.2. The normalized spacial score (nSPS) is 33.1. The molecule has 3 heterocycles. The van der Waals surface area contributed by atoms with Crippen molar-refractivity contribution in [2.45, 2.75) is 79.9 Å². The van der Waals surface area contributed by atoms with Gasteiger partial charge in [0.2, 0.25) is 0 Å². The molecule has 0 aromatic heterocycles. The van der Waals surface area contributed by atoms with Crippen LogP contribution >= 0.6 is 0 Å². The molecule has 1 aliphatic carbocycles. The topological polar surface area (TPSA) is 143 Å². The zero-order chi connectivity index (χ0) is 30.3. The first kappa shape index (κ1) is 30.2. The maximum absolute atomic E-state index is 10.4. The van der Waals surface area contributed by atoms with Crippen molar-refractivity contribution in [1.82, 2.24) is 4.90 Å². The van der Waals surface area contributed by atoms with Crippen LogP contribution < -0.4 is 0 Å². The fourth-order valence-corrected chi connectivity index (χ4v) is 6.88. The Labute approximate surface area is 251 Å². The number of fused-ring (bicyclic) bond motifs is 5. The van der Waals surface area contributed by atoms with E-state index in [4.69, 9.17) is 9.47 Å². The van der Waals surface area contributed by atoms with Crippen LogP contribution in [0.2, 0.25) is 0 Å². The second kappa shape index (κ2) is 12.3. The van der Waals surface area contributed by atoms with Gasteiger partial charge in [-0.25, -0.2) is 0 Å². The van der Waals surface area contributed by atoms with Crippen LogP contribution in [0.25, 0.3) is 11.1 Å². The third-order valence-electron chi connectivity index (χ3n) is 9.42. The molecule has 9 heteroatoms. The van der Waals surface area contributed by atoms with Gasteiger partial charge in [-0.15, -0.1) is 0 Å². The molecule has 8 atom stereocenters. The maximum Gasteiger partial charge on any atom is 0.147 e. The first-order valence-corrected chi connectivity index (χ1v) is 15.0. The van der Waals surface area contributed by atoms with E-state index in [0.717, 1.165) is 48.2 Å². The van der Waals surface area contributed by atoms with Crippen molar-refractivity contribution >= 4 is 0 Å². The largest absolute Gasteiger partial charge is 0.394 e. The molecule has 1 spiro atoms. The first-order chi connectivity index (χ1) is 20.7. The summed E-state index contributed by atoms with van der Waals surface area (Å²) in [7, 11) is 2.13. The molecule has 0 saturated carbocycles. The van der Waals surface area contributed by atoms with Gasteiger partial charge in [-0.05, 0) is 79.5 Å². The minimum absolute atomic E-state index is 0.162. The van der Waals surface area contributed by atoms with Crippen LogP contribution in [0.4, 0.5) is 0 Å². The molecule has 0 amide bonds. The predicted molar refractivity (Wildman–Crippen MR) is 158 cm³/mol. The zero-order valence-corrected chi connectivity index (χ0v) is 24.2. The van der Waals surface area contributed by atoms with E-state index in [2.05, 4.69) is 59.9 Å². The smallest absolute Gasteiger partial charge is 0.147 e. The quantitative estimate of drug-likeness (QED) is 0.270. The van der Waals surface area contributed by atoms with Gasteiger partial charge < -0.3 is 45.0 Å². The number of hydrogen-bond acceptors (Lipinski definition) is 9. The lowest BCUT2D eigenvalue weighted by Crippen LogP contribution is -2.48. The van der Waals surface area contributed by atoms with Crippen molar-refractivity contribution < 1.29 is 40.1 Å². The molecule has 0 radical (unpaired) electrons. The summed E-state index contributed by atoms with van der Waals surface area (Å²) in [6.45, 7) is 1.36. The number of aliphatic hydroxyl groups excluding tert-OH is 6. The Hall–Kier alpha value is -2.80. The number of aliphatic hydroxyl groups is 6. The highest BCUT2D eigenvalue weighted by Gasteiger charge is 2.45. The van der Waals surface area contributed by atoms with Crippen LogP contribution in [0.5, 0.6) is 0 Å². The first-order valence-electron chi connectivity index (χ1n) is 15.0. The zero-order valence-electron chi connectivity index (χ0n) is 24.2. The molecule has 2 aromatic carbocycles. The van der Waals surface area contributed by atoms with Gasteiger partial charge in [0.15, 0.2) is 0 Å². The molecule has 43 heavy (non-hydrogen) atoms. The molecule has 0 bridgehead atoms. The Morgan fingerprint density at radius 3 is 1.60 bits per heavy atom. The summed E-state index contributed by atoms with van der Waals surface area (Å²) >= 11 is 0. The van der Waals surface area contributed by atoms with E-state index in [9.17, 15) is 30.6 Å². The van der Waals surface area contributed by atoms with Crippen LogP contribution in [0.3, 0.4) is 0 Å². The van der Waals surface area contributed by atoms with E-state index in [-0.39, 0.29) is 31.5 Å². The maximum atomic E-state index is 10.4. The average molecular weight is 590 g/mol. The summed E-state index contributed by atoms with van der Waals surface area (Å²) < 4.78 is 11.4. The monoisotopic (exact) mass is 589 g/mol. The molecule has 6 rings (SSSR count). The van der Waals surface area contributed by atoms with Gasteiger partial charge in [-0.3, -0.25) is 0 Å². The van der Waals surface area contributed by atoms with Crippen LogP contribution in [-0.4, -0.2) is 118 Å². The van der Waals surface area contributed by atoms with Crippen LogP contribution in [0.1, 0.15) is 47.9 Å². The molecular weight excluding hydrogens is 550 g/mol. The highest BCUT2D eigenvalue weighted by atomic mass is 16.5. The molecule has 2 aromatic rings. The predicted octanol–water partition coefficient (Wildman–Crippen LogP) is 0.125. The van der Waals surface area contributed by atoms with Crippen molar-refractivity contribution in [1.29, 1.82) is 0 Å². The Morgan fingerprint density at radius 2 is 1.19 bits per heavy atom. The molecule has 3 aliphatic heterocycles. The third kappa shape index (κ3) is 5.74. The number of likely N-dealkylation sites (tertiary alicyclic amines) is 1. The summed E-state index contributed by atoms with van der Waals surface area (Å²) in [5.74, 6) is 12.2. The fraction of sp³-hybridized carbons (Fsp3) is 0.529. The van der Waals surface area contributed by atoms with E-state index in [0.29, 0.717) is 0 Å². The molecule has 228 valence electrons. The Kier molecular flexibility index (Phi) is 8.65. The van der Waals surface area contributed by atoms with Crippen molar-refractivity contribution in [3.63, 3.8) is 0 Å². The van der Waals surface area contributed by atoms with Gasteiger partial charge in [-0.2, -0.15) is 0 Å². The standard InChI is InChI=1S/C34H39NO8/c1-35-12-10-34(11-13-35)26-14-20(4-8-30-32(40)28(38)16-22(18-36)42-30)2-6-24(26)25-7-3-21(15-27(25)34)5-9-31-33(41)29(39)17-23(19-37)43-31/h2-3,6-7,14-15,22-23,28-33,36-41H,10-13,16-19H2,1H3. The summed E-state index contributed by atoms with van der Waals surface area (Å²) in [5.41, 5.74) is 6.02. The molecule has 9 nitrogen and oxygen atoms in total. The number of rotatable bonds is 2. The van der Waals surface area contributed by atoms with E-state index >= 15 is 0 Å². The highest BCUT2D eigenvalue weighted by molar-refractivity contribution is 5.82. The third-order valence-corrected chi connectivity index (χ3v) is 9.42. The lowest BCUT2D eigenvalue weighted by molar-refractivity contribution is -0.157. The van der Waals surface area contributed by atoms with E-state index in [1.807, 2.05) is 12.1 Å². The fourth-order valence-electron chi connectivity index (χ4n) is 6.88. The lowest BCUT2D eigenvalue weighted by atomic mass is 9.70. The second-order valence-corrected chi connectivity index (χ2v) is 12.3. The van der Waals surface area contributed by atoms with Crippen LogP contribution in [0.15, 0.2) is 36.4 Å². The molecule has 3 saturated heterocycles. The summed E-state index contributed by atoms with van der Waals surface area (Å²) in [6.07, 6.45) is -5.08. The minimum Gasteiger partial charge on any atom is -0.394 e. The molecule has 8 unspecified atom stereocenters. The van der Waals surface area contributed by atoms with Crippen molar-refractivity contribution in [2.75, 3.05) is 33.4 Å². The lowest BCUT2D eigenvalue weighted by Gasteiger charge is -2.39. The minimum atomic E-state index is -1.15. The van der Waals surface area contributed by atoms with Crippen molar-refractivity contribution in [3.8, 4) is 34.8 Å². The van der Waals surface area contributed by atoms with E-state index in [1.165, 1.54) is 11.1 Å². The Bertz CT molecular complexity index is 1360. The van der Waals surface area contributed by atoms with Gasteiger partial charge in [0.1, 0.15) is 24.4 Å². The number of piperidine rings is 1. The summed E-state index contributed by atoms with van der Waals surface area (Å²) in [4.78, 5) is 2.33. The van der Waals surface area contributed by atoms with Gasteiger partial charge in [-0.1, -0.05) is 35.8 Å². The number of nitrogens with zero attached hydrogens (tertiary/aromatic N) is 1. The number of hydrogen-bond donors (Lipinski definition) is 6. The van der Waals surface area contributed by atoms with Gasteiger partial charge in [0.05, 0.1) is 37.6 Å². The van der Waals surface area contributed by atoms with Gasteiger partial charge >= 0.3 is 0 Å². The van der Waals surface area contributed by atoms with Crippen LogP contribution in [0, 0.1) is 23.7 Å². The van der Waals surface area contributed by atoms with Crippen molar-refractivity contribution in [2.24, 2.45) is 0 Å². The van der Waals surface area contributed by atoms with Crippen LogP contribution in [-0.2, 0) is 14.9 Å². The molecular formula is C34H39NO8.